The Bertz CT molecular complexity index is 815. The monoisotopic (exact) mass is 383 g/mol. The molecule has 0 atom stereocenters. The van der Waals surface area contributed by atoms with Gasteiger partial charge in [-0.3, -0.25) is 14.5 Å². The first kappa shape index (κ1) is 19.7. The zero-order valence-electron chi connectivity index (χ0n) is 16.0. The lowest BCUT2D eigenvalue weighted by atomic mass is 10.2. The number of piperazine rings is 1. The van der Waals surface area contributed by atoms with Crippen LogP contribution in [0.4, 0.5) is 0 Å². The normalized spacial score (nSPS) is 14.5. The minimum Gasteiger partial charge on any atom is -0.497 e. The highest BCUT2D eigenvalue weighted by atomic mass is 16.5. The first-order valence-corrected chi connectivity index (χ1v) is 9.21. The summed E-state index contributed by atoms with van der Waals surface area (Å²) in [6.45, 7) is 3.63. The van der Waals surface area contributed by atoms with Crippen molar-refractivity contribution in [3.8, 4) is 11.5 Å². The highest BCUT2D eigenvalue weighted by molar-refractivity contribution is 5.95. The highest BCUT2D eigenvalue weighted by Gasteiger charge is 2.22. The topological polar surface area (TPSA) is 85.1 Å². The number of carbonyl (C=O) groups is 2. The molecule has 0 aliphatic carbocycles. The molecule has 7 heteroatoms. The van der Waals surface area contributed by atoms with Gasteiger partial charge in [-0.15, -0.1) is 0 Å². The summed E-state index contributed by atoms with van der Waals surface area (Å²) in [4.78, 5) is 28.0. The number of carbonyl (C=O) groups excluding carboxylic acids is 2. The van der Waals surface area contributed by atoms with E-state index in [-0.39, 0.29) is 18.1 Å². The third-order valence-electron chi connectivity index (χ3n) is 4.79. The fraction of sp³-hybridized carbons (Fsp3) is 0.333. The summed E-state index contributed by atoms with van der Waals surface area (Å²) in [5, 5.41) is 0. The van der Waals surface area contributed by atoms with Crippen molar-refractivity contribution in [3.63, 3.8) is 0 Å². The van der Waals surface area contributed by atoms with E-state index in [0.29, 0.717) is 18.8 Å². The maximum atomic E-state index is 12.4. The number of ether oxygens (including phenoxy) is 2. The number of amides is 2. The van der Waals surface area contributed by atoms with E-state index < -0.39 is 5.91 Å². The molecule has 3 rings (SSSR count). The number of benzene rings is 2. The van der Waals surface area contributed by atoms with Crippen LogP contribution in [0.3, 0.4) is 0 Å². The number of hydrogen-bond acceptors (Lipinski definition) is 5. The Labute approximate surface area is 164 Å². The molecular weight excluding hydrogens is 358 g/mol. The van der Waals surface area contributed by atoms with E-state index in [4.69, 9.17) is 15.2 Å². The molecule has 1 saturated heterocycles. The summed E-state index contributed by atoms with van der Waals surface area (Å²) in [7, 11) is 1.65. The van der Waals surface area contributed by atoms with E-state index in [1.807, 2.05) is 12.1 Å². The number of para-hydroxylation sites is 1. The zero-order chi connectivity index (χ0) is 19.9. The molecule has 7 nitrogen and oxygen atoms in total. The SMILES string of the molecule is COc1ccc(CN2CCN(C(=O)COc3ccccc3C(N)=O)CC2)cc1. The fourth-order valence-electron chi connectivity index (χ4n) is 3.17. The van der Waals surface area contributed by atoms with Gasteiger partial charge in [0.15, 0.2) is 6.61 Å². The molecule has 2 N–H and O–H groups in total. The molecule has 2 aromatic carbocycles. The van der Waals surface area contributed by atoms with Crippen molar-refractivity contribution >= 4 is 11.8 Å². The molecule has 1 heterocycles. The van der Waals surface area contributed by atoms with Crippen molar-refractivity contribution in [1.82, 2.24) is 9.80 Å². The molecule has 2 aromatic rings. The van der Waals surface area contributed by atoms with Crippen LogP contribution in [0.15, 0.2) is 48.5 Å². The average molecular weight is 383 g/mol. The van der Waals surface area contributed by atoms with Crippen molar-refractivity contribution in [1.29, 1.82) is 0 Å². The molecule has 0 aromatic heterocycles. The molecule has 2 amide bonds. The van der Waals surface area contributed by atoms with Crippen LogP contribution in [0.25, 0.3) is 0 Å². The second-order valence-electron chi connectivity index (χ2n) is 6.65. The van der Waals surface area contributed by atoms with Gasteiger partial charge >= 0.3 is 0 Å². The Morgan fingerprint density at radius 3 is 2.32 bits per heavy atom. The number of rotatable bonds is 7. The van der Waals surface area contributed by atoms with Crippen LogP contribution < -0.4 is 15.2 Å². The van der Waals surface area contributed by atoms with Crippen LogP contribution >= 0.6 is 0 Å². The molecule has 148 valence electrons. The average Bonchev–Trinajstić information content (AvgIpc) is 2.73. The van der Waals surface area contributed by atoms with Crippen LogP contribution in [0.2, 0.25) is 0 Å². The minimum absolute atomic E-state index is 0.0941. The predicted molar refractivity (Wildman–Crippen MR) is 105 cm³/mol. The summed E-state index contributed by atoms with van der Waals surface area (Å²) >= 11 is 0. The van der Waals surface area contributed by atoms with E-state index in [0.717, 1.165) is 25.4 Å². The van der Waals surface area contributed by atoms with Crippen molar-refractivity contribution in [2.24, 2.45) is 5.73 Å². The zero-order valence-corrected chi connectivity index (χ0v) is 16.0. The smallest absolute Gasteiger partial charge is 0.260 e. The lowest BCUT2D eigenvalue weighted by Gasteiger charge is -2.34. The Hall–Kier alpha value is -3.06. The summed E-state index contributed by atoms with van der Waals surface area (Å²) in [5.74, 6) is 0.511. The molecule has 0 spiro atoms. The second-order valence-corrected chi connectivity index (χ2v) is 6.65. The van der Waals surface area contributed by atoms with Gasteiger partial charge in [-0.25, -0.2) is 0 Å². The van der Waals surface area contributed by atoms with Crippen molar-refractivity contribution < 1.29 is 19.1 Å². The van der Waals surface area contributed by atoms with Gasteiger partial charge in [0.2, 0.25) is 0 Å². The first-order chi connectivity index (χ1) is 13.6. The minimum atomic E-state index is -0.574. The molecule has 0 radical (unpaired) electrons. The van der Waals surface area contributed by atoms with E-state index in [1.54, 1.807) is 36.3 Å². The summed E-state index contributed by atoms with van der Waals surface area (Å²) < 4.78 is 10.7. The maximum Gasteiger partial charge on any atom is 0.260 e. The quantitative estimate of drug-likeness (QED) is 0.784. The number of nitrogens with zero attached hydrogens (tertiary/aromatic N) is 2. The third kappa shape index (κ3) is 5.01. The van der Waals surface area contributed by atoms with Gasteiger partial charge in [0, 0.05) is 32.7 Å². The van der Waals surface area contributed by atoms with Gasteiger partial charge in [0.1, 0.15) is 11.5 Å². The highest BCUT2D eigenvalue weighted by Crippen LogP contribution is 2.18. The number of hydrogen-bond donors (Lipinski definition) is 1. The van der Waals surface area contributed by atoms with E-state index in [9.17, 15) is 9.59 Å². The van der Waals surface area contributed by atoms with Crippen molar-refractivity contribution in [2.75, 3.05) is 39.9 Å². The van der Waals surface area contributed by atoms with Gasteiger partial charge in [-0.05, 0) is 29.8 Å². The van der Waals surface area contributed by atoms with Gasteiger partial charge in [-0.2, -0.15) is 0 Å². The number of nitrogens with two attached hydrogens (primary N) is 1. The Morgan fingerprint density at radius 2 is 1.68 bits per heavy atom. The Kier molecular flexibility index (Phi) is 6.49. The van der Waals surface area contributed by atoms with Gasteiger partial charge in [-0.1, -0.05) is 24.3 Å². The lowest BCUT2D eigenvalue weighted by molar-refractivity contribution is -0.135. The third-order valence-corrected chi connectivity index (χ3v) is 4.79. The van der Waals surface area contributed by atoms with Crippen molar-refractivity contribution in [2.45, 2.75) is 6.54 Å². The molecule has 1 fully saturated rings. The fourth-order valence-corrected chi connectivity index (χ4v) is 3.17. The summed E-state index contributed by atoms with van der Waals surface area (Å²) in [6, 6.07) is 14.7. The van der Waals surface area contributed by atoms with E-state index in [1.165, 1.54) is 5.56 Å². The van der Waals surface area contributed by atoms with Crippen LogP contribution in [0.1, 0.15) is 15.9 Å². The molecule has 0 unspecified atom stereocenters. The van der Waals surface area contributed by atoms with Crippen molar-refractivity contribution in [3.05, 3.63) is 59.7 Å². The van der Waals surface area contributed by atoms with Crippen LogP contribution in [-0.2, 0) is 11.3 Å². The molecule has 1 aliphatic heterocycles. The van der Waals surface area contributed by atoms with Gasteiger partial charge in [0.05, 0.1) is 12.7 Å². The molecular formula is C21H25N3O4. The standard InChI is InChI=1S/C21H25N3O4/c1-27-17-8-6-16(7-9-17)14-23-10-12-24(13-11-23)20(25)15-28-19-5-3-2-4-18(19)21(22)26/h2-9H,10-15H2,1H3,(H2,22,26). The molecule has 28 heavy (non-hydrogen) atoms. The second kappa shape index (κ2) is 9.23. The van der Waals surface area contributed by atoms with E-state index in [2.05, 4.69) is 17.0 Å². The van der Waals surface area contributed by atoms with E-state index >= 15 is 0 Å². The lowest BCUT2D eigenvalue weighted by Crippen LogP contribution is -2.49. The Balaban J connectivity index is 1.46. The van der Waals surface area contributed by atoms with Gasteiger partial charge < -0.3 is 20.1 Å². The molecule has 0 saturated carbocycles. The molecule has 0 bridgehead atoms. The van der Waals surface area contributed by atoms with Gasteiger partial charge in [0.25, 0.3) is 11.8 Å². The predicted octanol–water partition coefficient (Wildman–Crippen LogP) is 1.52. The molecule has 1 aliphatic rings. The van der Waals surface area contributed by atoms with Crippen LogP contribution in [0, 0.1) is 0 Å². The summed E-state index contributed by atoms with van der Waals surface area (Å²) in [5.41, 5.74) is 6.82. The van der Waals surface area contributed by atoms with Crippen LogP contribution in [0.5, 0.6) is 11.5 Å². The maximum absolute atomic E-state index is 12.4. The first-order valence-electron chi connectivity index (χ1n) is 9.21. The summed E-state index contributed by atoms with van der Waals surface area (Å²) in [6.07, 6.45) is 0. The largest absolute Gasteiger partial charge is 0.497 e. The van der Waals surface area contributed by atoms with Crippen LogP contribution in [-0.4, -0.2) is 61.5 Å². The Morgan fingerprint density at radius 1 is 1.00 bits per heavy atom. The number of methoxy groups -OCH3 is 1. The number of primary amides is 1.